The Morgan fingerprint density at radius 3 is 2.21 bits per heavy atom. The maximum Gasteiger partial charge on any atom is 0.311 e. The summed E-state index contributed by atoms with van der Waals surface area (Å²) < 4.78 is 45.7. The Morgan fingerprint density at radius 2 is 1.60 bits per heavy atom. The zero-order valence-corrected chi connectivity index (χ0v) is 34.4. The van der Waals surface area contributed by atoms with Gasteiger partial charge in [0.1, 0.15) is 17.8 Å². The number of ether oxygens (including phenoxy) is 7. The fourth-order valence-corrected chi connectivity index (χ4v) is 9.75. The molecule has 0 unspecified atom stereocenters. The number of carbonyl (C=O) groups excluding carboxylic acids is 1. The average molecular weight is 744 g/mol. The van der Waals surface area contributed by atoms with E-state index in [-0.39, 0.29) is 24.2 Å². The van der Waals surface area contributed by atoms with Crippen LogP contribution in [0.25, 0.3) is 0 Å². The van der Waals surface area contributed by atoms with Gasteiger partial charge < -0.3 is 53.4 Å². The van der Waals surface area contributed by atoms with Gasteiger partial charge >= 0.3 is 5.97 Å². The summed E-state index contributed by atoms with van der Waals surface area (Å²) in [6, 6.07) is -0.178. The molecule has 18 atom stereocenters. The molecule has 0 aromatic rings. The molecule has 3 N–H and O–H groups in total. The van der Waals surface area contributed by atoms with Gasteiger partial charge in [-0.25, -0.2) is 0 Å². The van der Waals surface area contributed by atoms with E-state index in [9.17, 15) is 20.1 Å². The van der Waals surface area contributed by atoms with Crippen LogP contribution in [-0.2, 0) is 38.0 Å². The van der Waals surface area contributed by atoms with Crippen LogP contribution in [0.15, 0.2) is 0 Å². The lowest BCUT2D eigenvalue weighted by Crippen LogP contribution is -2.60. The molecule has 4 fully saturated rings. The normalized spacial score (nSPS) is 49.6. The number of cyclic esters (lactones) is 1. The predicted octanol–water partition coefficient (Wildman–Crippen LogP) is 4.82. The zero-order valence-electron chi connectivity index (χ0n) is 34.4. The Labute approximate surface area is 313 Å². The molecule has 4 rings (SSSR count). The second-order valence-electron chi connectivity index (χ2n) is 17.6. The van der Waals surface area contributed by atoms with Gasteiger partial charge in [0.15, 0.2) is 12.6 Å². The van der Waals surface area contributed by atoms with E-state index in [1.807, 2.05) is 55.5 Å². The maximum absolute atomic E-state index is 14.2. The van der Waals surface area contributed by atoms with Crippen molar-refractivity contribution < 1.29 is 53.3 Å². The summed E-state index contributed by atoms with van der Waals surface area (Å²) in [6.07, 6.45) is -2.49. The summed E-state index contributed by atoms with van der Waals surface area (Å²) in [5.74, 6) is -2.47. The van der Waals surface area contributed by atoms with Crippen LogP contribution in [0.2, 0.25) is 0 Å². The first-order valence-electron chi connectivity index (χ1n) is 20.1. The van der Waals surface area contributed by atoms with Crippen molar-refractivity contribution in [3.63, 3.8) is 0 Å². The molecule has 12 heteroatoms. The molecule has 2 bridgehead atoms. The summed E-state index contributed by atoms with van der Waals surface area (Å²) in [6.45, 7) is 22.1. The van der Waals surface area contributed by atoms with E-state index in [2.05, 4.69) is 18.7 Å². The third-order valence-corrected chi connectivity index (χ3v) is 12.9. The molecule has 0 aromatic heterocycles. The highest BCUT2D eigenvalue weighted by atomic mass is 16.7. The Balaban J connectivity index is 1.81. The molecular formula is C40H73NO11. The number of esters is 1. The zero-order chi connectivity index (χ0) is 38.9. The quantitative estimate of drug-likeness (QED) is 0.264. The Bertz CT molecular complexity index is 1160. The van der Waals surface area contributed by atoms with Crippen LogP contribution in [0, 0.1) is 23.7 Å². The largest absolute Gasteiger partial charge is 0.459 e. The Kier molecular flexibility index (Phi) is 14.7. The van der Waals surface area contributed by atoms with Gasteiger partial charge in [-0.2, -0.15) is 0 Å². The van der Waals surface area contributed by atoms with Crippen LogP contribution in [0.1, 0.15) is 121 Å². The van der Waals surface area contributed by atoms with Crippen molar-refractivity contribution in [1.29, 1.82) is 0 Å². The third kappa shape index (κ3) is 9.36. The van der Waals surface area contributed by atoms with Gasteiger partial charge in [-0.3, -0.25) is 4.79 Å². The van der Waals surface area contributed by atoms with Gasteiger partial charge in [0.2, 0.25) is 0 Å². The Morgan fingerprint density at radius 1 is 0.923 bits per heavy atom. The van der Waals surface area contributed by atoms with E-state index >= 15 is 0 Å². The molecule has 0 spiro atoms. The number of nitrogens with zero attached hydrogens (tertiary/aromatic N) is 1. The number of hydrogen-bond acceptors (Lipinski definition) is 12. The van der Waals surface area contributed by atoms with Crippen molar-refractivity contribution in [2.24, 2.45) is 23.7 Å². The SMILES string of the molecule is CCCCN(C)[C@H]1C[C@@H](C)O[C@@H](O[C@@H]2[C@@H](C)[C@H](O[C@H]3C[C@@](C)(OC)C[C@H](C)O3)[C@@H](C)C(=O)O[C@H](CC)[C@@](C)(O)[C@H](O)[C@@H](C)[C@@H]3O[C@]2(C)C[C@@H]3C)[C@@H]1O. The summed E-state index contributed by atoms with van der Waals surface area (Å²) in [5, 5.41) is 35.4. The highest BCUT2D eigenvalue weighted by Gasteiger charge is 2.57. The van der Waals surface area contributed by atoms with Crippen LogP contribution in [0.5, 0.6) is 0 Å². The number of aliphatic hydroxyl groups is 3. The molecule has 4 aliphatic rings. The standard InChI is InChI=1S/C40H73NO11/c1-14-16-17-41(12)28-18-23(4)48-37(31(28)42)51-35-26(7)33(50-30-21-38(9,46-13)20-24(5)47-30)27(8)36(44)49-29(15-2)40(11,45)34(43)25(6)32-22(3)19-39(35,10)52-32/h22-35,37,42-43,45H,14-21H2,1-13H3/t22-,23+,24-,25-,26-,27+,28-,29+,30-,31+,32+,33-,34+,35+,37-,38-,39+,40+/m0/s1. The molecule has 0 radical (unpaired) electrons. The van der Waals surface area contributed by atoms with Gasteiger partial charge in [-0.15, -0.1) is 0 Å². The average Bonchev–Trinajstić information content (AvgIpc) is 3.40. The molecule has 4 saturated heterocycles. The molecule has 0 aromatic carbocycles. The second-order valence-corrected chi connectivity index (χ2v) is 17.6. The smallest absolute Gasteiger partial charge is 0.311 e. The summed E-state index contributed by atoms with van der Waals surface area (Å²) in [5.41, 5.74) is -3.21. The number of carbonyl (C=O) groups is 1. The number of unbranched alkanes of at least 4 members (excludes halogenated alkanes) is 1. The van der Waals surface area contributed by atoms with E-state index < -0.39 is 89.7 Å². The summed E-state index contributed by atoms with van der Waals surface area (Å²) in [7, 11) is 3.72. The molecule has 304 valence electrons. The second kappa shape index (κ2) is 17.5. The van der Waals surface area contributed by atoms with Crippen LogP contribution in [0.3, 0.4) is 0 Å². The fourth-order valence-electron chi connectivity index (χ4n) is 9.75. The first kappa shape index (κ1) is 43.8. The minimum atomic E-state index is -1.76. The summed E-state index contributed by atoms with van der Waals surface area (Å²) >= 11 is 0. The van der Waals surface area contributed by atoms with Gasteiger partial charge in [-0.1, -0.05) is 41.0 Å². The number of fused-ring (bicyclic) bond motifs is 2. The van der Waals surface area contributed by atoms with Crippen LogP contribution >= 0.6 is 0 Å². The van der Waals surface area contributed by atoms with Crippen molar-refractivity contribution in [1.82, 2.24) is 4.90 Å². The maximum atomic E-state index is 14.2. The lowest BCUT2D eigenvalue weighted by molar-refractivity contribution is -0.312. The van der Waals surface area contributed by atoms with Crippen molar-refractivity contribution in [3.05, 3.63) is 0 Å². The molecule has 4 aliphatic heterocycles. The van der Waals surface area contributed by atoms with Gasteiger partial charge in [0.05, 0.1) is 53.7 Å². The molecule has 0 aliphatic carbocycles. The van der Waals surface area contributed by atoms with Crippen LogP contribution in [0.4, 0.5) is 0 Å². The topological polar surface area (TPSA) is 146 Å². The monoisotopic (exact) mass is 744 g/mol. The van der Waals surface area contributed by atoms with Crippen molar-refractivity contribution in [2.75, 3.05) is 20.7 Å². The van der Waals surface area contributed by atoms with E-state index in [1.165, 1.54) is 6.92 Å². The molecular weight excluding hydrogens is 670 g/mol. The lowest BCUT2D eigenvalue weighted by Gasteiger charge is -2.48. The van der Waals surface area contributed by atoms with E-state index in [0.717, 1.165) is 19.4 Å². The van der Waals surface area contributed by atoms with Gasteiger partial charge in [-0.05, 0) is 86.7 Å². The number of rotatable bonds is 10. The van der Waals surface area contributed by atoms with E-state index in [4.69, 9.17) is 33.2 Å². The molecule has 12 nitrogen and oxygen atoms in total. The minimum Gasteiger partial charge on any atom is -0.459 e. The number of methoxy groups -OCH3 is 1. The molecule has 0 saturated carbocycles. The highest BCUT2D eigenvalue weighted by molar-refractivity contribution is 5.73. The van der Waals surface area contributed by atoms with Crippen molar-refractivity contribution in [2.45, 2.75) is 205 Å². The summed E-state index contributed by atoms with van der Waals surface area (Å²) in [4.78, 5) is 16.4. The number of likely N-dealkylation sites (N-methyl/N-ethyl adjacent to an activating group) is 1. The first-order chi connectivity index (χ1) is 24.2. The van der Waals surface area contributed by atoms with Gasteiger partial charge in [0, 0.05) is 37.8 Å². The fraction of sp³-hybridized carbons (Fsp3) is 0.975. The van der Waals surface area contributed by atoms with Crippen molar-refractivity contribution >= 4 is 5.97 Å². The van der Waals surface area contributed by atoms with E-state index in [0.29, 0.717) is 32.1 Å². The number of aliphatic hydroxyl groups excluding tert-OH is 2. The Hall–Kier alpha value is -0.930. The molecule has 4 heterocycles. The van der Waals surface area contributed by atoms with E-state index in [1.54, 1.807) is 14.0 Å². The first-order valence-corrected chi connectivity index (χ1v) is 20.1. The molecule has 0 amide bonds. The molecule has 52 heavy (non-hydrogen) atoms. The predicted molar refractivity (Wildman–Crippen MR) is 196 cm³/mol. The third-order valence-electron chi connectivity index (χ3n) is 12.9. The lowest BCUT2D eigenvalue weighted by atomic mass is 9.76. The minimum absolute atomic E-state index is 0.0277. The van der Waals surface area contributed by atoms with Crippen LogP contribution in [-0.4, -0.2) is 131 Å². The highest BCUT2D eigenvalue weighted by Crippen LogP contribution is 2.48. The van der Waals surface area contributed by atoms with Crippen molar-refractivity contribution in [3.8, 4) is 0 Å². The van der Waals surface area contributed by atoms with Crippen LogP contribution < -0.4 is 0 Å². The number of hydrogen-bond donors (Lipinski definition) is 3. The van der Waals surface area contributed by atoms with Gasteiger partial charge in [0.25, 0.3) is 0 Å².